The second-order valence-corrected chi connectivity index (χ2v) is 10.1. The van der Waals surface area contributed by atoms with Gasteiger partial charge in [0.25, 0.3) is 5.91 Å². The van der Waals surface area contributed by atoms with E-state index in [1.807, 2.05) is 44.4 Å². The van der Waals surface area contributed by atoms with Gasteiger partial charge < -0.3 is 9.80 Å². The molecule has 1 aliphatic heterocycles. The van der Waals surface area contributed by atoms with Crippen molar-refractivity contribution in [3.8, 4) is 0 Å². The number of amides is 1. The first-order chi connectivity index (χ1) is 17.4. The number of anilines is 2. The second-order valence-electron chi connectivity index (χ2n) is 10.1. The lowest BCUT2D eigenvalue weighted by Gasteiger charge is -2.30. The van der Waals surface area contributed by atoms with Gasteiger partial charge in [0.15, 0.2) is 0 Å². The average Bonchev–Trinajstić information content (AvgIpc) is 3.30. The number of carbonyl (C=O) groups excluding carboxylic acids is 1. The molecule has 5 heteroatoms. The maximum absolute atomic E-state index is 13.7. The summed E-state index contributed by atoms with van der Waals surface area (Å²) >= 11 is 0. The summed E-state index contributed by atoms with van der Waals surface area (Å²) in [7, 11) is 8.19. The third-order valence-corrected chi connectivity index (χ3v) is 7.23. The van der Waals surface area contributed by atoms with Gasteiger partial charge in [0, 0.05) is 51.0 Å². The number of hydrogen-bond donors (Lipinski definition) is 0. The zero-order valence-corrected chi connectivity index (χ0v) is 21.6. The lowest BCUT2D eigenvalue weighted by atomic mass is 9.77. The third-order valence-electron chi connectivity index (χ3n) is 7.23. The smallest absolute Gasteiger partial charge is 0.274 e. The number of nitrogens with zero attached hydrogens (tertiary/aromatic N) is 4. The van der Waals surface area contributed by atoms with Crippen LogP contribution in [0.3, 0.4) is 0 Å². The van der Waals surface area contributed by atoms with E-state index in [0.29, 0.717) is 5.56 Å². The largest absolute Gasteiger partial charge is 0.378 e. The van der Waals surface area contributed by atoms with Crippen LogP contribution in [0.5, 0.6) is 0 Å². The summed E-state index contributed by atoms with van der Waals surface area (Å²) in [5.74, 6) is 0.137. The Morgan fingerprint density at radius 2 is 1.47 bits per heavy atom. The molecule has 3 aromatic rings. The number of hydrazone groups is 1. The molecule has 5 nitrogen and oxygen atoms in total. The van der Waals surface area contributed by atoms with Crippen molar-refractivity contribution in [2.24, 2.45) is 11.0 Å². The van der Waals surface area contributed by atoms with Crippen LogP contribution in [-0.2, 0) is 0 Å². The van der Waals surface area contributed by atoms with Gasteiger partial charge in [-0.1, -0.05) is 42.5 Å². The number of allylic oxidation sites excluding steroid dienone is 1. The zero-order chi connectivity index (χ0) is 25.2. The molecule has 0 aromatic heterocycles. The van der Waals surface area contributed by atoms with Crippen molar-refractivity contribution in [3.05, 3.63) is 101 Å². The second kappa shape index (κ2) is 10.0. The van der Waals surface area contributed by atoms with Crippen LogP contribution in [0.1, 0.15) is 46.8 Å². The van der Waals surface area contributed by atoms with Gasteiger partial charge >= 0.3 is 0 Å². The lowest BCUT2D eigenvalue weighted by Crippen LogP contribution is -2.32. The Morgan fingerprint density at radius 1 is 0.861 bits per heavy atom. The van der Waals surface area contributed by atoms with Crippen molar-refractivity contribution in [1.29, 1.82) is 0 Å². The highest BCUT2D eigenvalue weighted by molar-refractivity contribution is 6.09. The van der Waals surface area contributed by atoms with Gasteiger partial charge in [-0.2, -0.15) is 5.10 Å². The summed E-state index contributed by atoms with van der Waals surface area (Å²) < 4.78 is 0. The summed E-state index contributed by atoms with van der Waals surface area (Å²) in [5, 5.41) is 6.78. The first-order valence-corrected chi connectivity index (χ1v) is 12.6. The summed E-state index contributed by atoms with van der Waals surface area (Å²) in [4.78, 5) is 17.9. The number of fused-ring (bicyclic) bond motifs is 1. The molecular weight excluding hydrogens is 444 g/mol. The Balaban J connectivity index is 1.54. The average molecular weight is 479 g/mol. The molecule has 0 unspecified atom stereocenters. The SMILES string of the molecule is CN(C)c1ccc(/C=C2/CCC[C@@H]3C2=NN(C(=O)c2ccccc2)[C@@H]3c2ccc(N(C)C)cc2)cc1. The first-order valence-electron chi connectivity index (χ1n) is 12.6. The van der Waals surface area contributed by atoms with E-state index in [9.17, 15) is 4.79 Å². The number of carbonyl (C=O) groups is 1. The van der Waals surface area contributed by atoms with Crippen molar-refractivity contribution < 1.29 is 4.79 Å². The Bertz CT molecular complexity index is 1270. The van der Waals surface area contributed by atoms with E-state index in [2.05, 4.69) is 78.5 Å². The van der Waals surface area contributed by atoms with Crippen molar-refractivity contribution in [1.82, 2.24) is 5.01 Å². The number of rotatable bonds is 5. The summed E-state index contributed by atoms with van der Waals surface area (Å²) in [6.07, 6.45) is 5.34. The van der Waals surface area contributed by atoms with Gasteiger partial charge in [0.05, 0.1) is 11.8 Å². The normalized spacial score (nSPS) is 20.2. The van der Waals surface area contributed by atoms with Crippen molar-refractivity contribution in [3.63, 3.8) is 0 Å². The Labute approximate surface area is 214 Å². The molecule has 1 amide bonds. The Kier molecular flexibility index (Phi) is 6.64. The van der Waals surface area contributed by atoms with Gasteiger partial charge in [-0.25, -0.2) is 5.01 Å². The topological polar surface area (TPSA) is 39.1 Å². The fourth-order valence-corrected chi connectivity index (χ4v) is 5.25. The van der Waals surface area contributed by atoms with E-state index < -0.39 is 0 Å². The first kappa shape index (κ1) is 23.9. The molecule has 1 aliphatic carbocycles. The molecule has 1 heterocycles. The molecule has 0 saturated heterocycles. The van der Waals surface area contributed by atoms with E-state index in [-0.39, 0.29) is 17.9 Å². The minimum Gasteiger partial charge on any atom is -0.378 e. The number of benzene rings is 3. The molecule has 0 radical (unpaired) electrons. The summed E-state index contributed by atoms with van der Waals surface area (Å²) in [6, 6.07) is 26.6. The molecule has 0 spiro atoms. The zero-order valence-electron chi connectivity index (χ0n) is 21.6. The molecular formula is C31H34N4O. The molecule has 184 valence electrons. The van der Waals surface area contributed by atoms with Gasteiger partial charge in [-0.05, 0) is 78.4 Å². The molecule has 36 heavy (non-hydrogen) atoms. The van der Waals surface area contributed by atoms with E-state index in [1.54, 1.807) is 5.01 Å². The standard InChI is InChI=1S/C31H34N4O/c1-33(2)26-17-13-22(14-18-26)21-25-11-8-12-28-29(25)32-35(31(36)24-9-6-5-7-10-24)30(28)23-15-19-27(20-16-23)34(3)4/h5-7,9-10,13-21,28,30H,8,11-12H2,1-4H3/b25-21-/t28-,30-/m1/s1. The molecule has 2 aliphatic rings. The van der Waals surface area contributed by atoms with Crippen LogP contribution in [0.25, 0.3) is 6.08 Å². The van der Waals surface area contributed by atoms with E-state index in [0.717, 1.165) is 36.2 Å². The van der Waals surface area contributed by atoms with Crippen LogP contribution in [0.2, 0.25) is 0 Å². The van der Waals surface area contributed by atoms with Crippen LogP contribution in [0, 0.1) is 5.92 Å². The van der Waals surface area contributed by atoms with Gasteiger partial charge in [0.2, 0.25) is 0 Å². The maximum Gasteiger partial charge on any atom is 0.274 e. The molecule has 5 rings (SSSR count). The fraction of sp³-hybridized carbons (Fsp3) is 0.290. The van der Waals surface area contributed by atoms with Crippen LogP contribution in [0.4, 0.5) is 11.4 Å². The minimum absolute atomic E-state index is 0.0473. The molecule has 1 fully saturated rings. The number of hydrogen-bond acceptors (Lipinski definition) is 4. The highest BCUT2D eigenvalue weighted by Crippen LogP contribution is 2.45. The monoisotopic (exact) mass is 478 g/mol. The highest BCUT2D eigenvalue weighted by Gasteiger charge is 2.43. The van der Waals surface area contributed by atoms with E-state index in [1.165, 1.54) is 16.8 Å². The molecule has 3 aromatic carbocycles. The van der Waals surface area contributed by atoms with Crippen LogP contribution in [-0.4, -0.2) is 44.8 Å². The maximum atomic E-state index is 13.7. The minimum atomic E-state index is -0.108. The quantitative estimate of drug-likeness (QED) is 0.435. The lowest BCUT2D eigenvalue weighted by molar-refractivity contribution is 0.0681. The van der Waals surface area contributed by atoms with Crippen molar-refractivity contribution >= 4 is 29.1 Å². The third kappa shape index (κ3) is 4.66. The van der Waals surface area contributed by atoms with Crippen molar-refractivity contribution in [2.75, 3.05) is 38.0 Å². The molecule has 1 saturated carbocycles. The predicted molar refractivity (Wildman–Crippen MR) is 150 cm³/mol. The van der Waals surface area contributed by atoms with Gasteiger partial charge in [-0.15, -0.1) is 0 Å². The van der Waals surface area contributed by atoms with E-state index >= 15 is 0 Å². The molecule has 2 atom stereocenters. The van der Waals surface area contributed by atoms with Crippen LogP contribution < -0.4 is 9.80 Å². The van der Waals surface area contributed by atoms with Crippen LogP contribution >= 0.6 is 0 Å². The molecule has 0 bridgehead atoms. The summed E-state index contributed by atoms with van der Waals surface area (Å²) in [5.41, 5.74) is 7.58. The Morgan fingerprint density at radius 3 is 2.08 bits per heavy atom. The van der Waals surface area contributed by atoms with Gasteiger partial charge in [-0.3, -0.25) is 4.79 Å². The fourth-order valence-electron chi connectivity index (χ4n) is 5.25. The Hall–Kier alpha value is -3.86. The summed E-state index contributed by atoms with van der Waals surface area (Å²) in [6.45, 7) is 0. The van der Waals surface area contributed by atoms with Crippen molar-refractivity contribution in [2.45, 2.75) is 25.3 Å². The molecule has 0 N–H and O–H groups in total. The van der Waals surface area contributed by atoms with Gasteiger partial charge in [0.1, 0.15) is 0 Å². The predicted octanol–water partition coefficient (Wildman–Crippen LogP) is 6.26. The van der Waals surface area contributed by atoms with E-state index in [4.69, 9.17) is 5.10 Å². The van der Waals surface area contributed by atoms with Crippen LogP contribution in [0.15, 0.2) is 89.5 Å². The highest BCUT2D eigenvalue weighted by atomic mass is 16.2.